The third kappa shape index (κ3) is 6.48. The first-order chi connectivity index (χ1) is 8.42. The fraction of sp³-hybridized carbons (Fsp3) is 0.727. The summed E-state index contributed by atoms with van der Waals surface area (Å²) in [5.74, 6) is -0.647. The molecule has 0 radical (unpaired) electrons. The first kappa shape index (κ1) is 16.8. The van der Waals surface area contributed by atoms with Crippen LogP contribution in [0.25, 0.3) is 0 Å². The maximum Gasteiger partial charge on any atom is 0.246 e. The second-order valence-electron chi connectivity index (χ2n) is 3.98. The smallest absolute Gasteiger partial charge is 0.246 e. The molecular weight excluding hydrogens is 254 g/mol. The van der Waals surface area contributed by atoms with Crippen LogP contribution < -0.4 is 10.6 Å². The molecule has 0 aromatic carbocycles. The number of thiol groups is 1. The fourth-order valence-corrected chi connectivity index (χ4v) is 1.56. The zero-order valence-electron chi connectivity index (χ0n) is 11.0. The van der Waals surface area contributed by atoms with Crippen LogP contribution >= 0.6 is 12.6 Å². The Morgan fingerprint density at radius 3 is 2.39 bits per heavy atom. The van der Waals surface area contributed by atoms with Crippen LogP contribution in [0.4, 0.5) is 0 Å². The lowest BCUT2D eigenvalue weighted by atomic mass is 10.3. The van der Waals surface area contributed by atoms with Gasteiger partial charge in [-0.2, -0.15) is 12.6 Å². The number of nitrogens with zero attached hydrogens (tertiary/aromatic N) is 1. The lowest BCUT2D eigenvalue weighted by Gasteiger charge is -2.22. The van der Waals surface area contributed by atoms with E-state index in [2.05, 4.69) is 23.3 Å². The molecule has 0 heterocycles. The van der Waals surface area contributed by atoms with Gasteiger partial charge >= 0.3 is 0 Å². The molecule has 1 atom stereocenters. The Kier molecular flexibility index (Phi) is 8.19. The molecule has 2 N–H and O–H groups in total. The quantitative estimate of drug-likeness (QED) is 0.543. The zero-order valence-corrected chi connectivity index (χ0v) is 11.9. The van der Waals surface area contributed by atoms with Gasteiger partial charge in [0.25, 0.3) is 0 Å². The lowest BCUT2D eigenvalue weighted by molar-refractivity contribution is -0.137. The molecule has 3 amide bonds. The highest BCUT2D eigenvalue weighted by Gasteiger charge is 2.22. The lowest BCUT2D eigenvalue weighted by Crippen LogP contribution is -2.50. The molecule has 0 aliphatic heterocycles. The third-order valence-corrected chi connectivity index (χ3v) is 2.55. The highest BCUT2D eigenvalue weighted by atomic mass is 32.1. The number of carbonyl (C=O) groups excluding carboxylic acids is 3. The average molecular weight is 275 g/mol. The zero-order chi connectivity index (χ0) is 14.1. The molecule has 0 spiro atoms. The molecule has 0 saturated heterocycles. The molecule has 0 aliphatic rings. The normalized spacial score (nSPS) is 11.6. The highest BCUT2D eigenvalue weighted by Crippen LogP contribution is 1.96. The van der Waals surface area contributed by atoms with E-state index in [9.17, 15) is 14.4 Å². The van der Waals surface area contributed by atoms with E-state index in [1.54, 1.807) is 0 Å². The van der Waals surface area contributed by atoms with Crippen LogP contribution in [0, 0.1) is 0 Å². The van der Waals surface area contributed by atoms with Crippen molar-refractivity contribution in [1.82, 2.24) is 15.5 Å². The van der Waals surface area contributed by atoms with Crippen molar-refractivity contribution in [1.29, 1.82) is 0 Å². The summed E-state index contributed by atoms with van der Waals surface area (Å²) in [5.41, 5.74) is 0. The standard InChI is InChI=1S/C11H21N3O3S/c1-4-5-12-10(16)6-14(3)11(17)9(7-18)13-8(2)15/h9,18H,4-7H2,1-3H3,(H,12,16)(H,13,15). The maximum atomic E-state index is 11.9. The summed E-state index contributed by atoms with van der Waals surface area (Å²) in [5, 5.41) is 5.16. The van der Waals surface area contributed by atoms with Crippen LogP contribution in [0.3, 0.4) is 0 Å². The fourth-order valence-electron chi connectivity index (χ4n) is 1.31. The van der Waals surface area contributed by atoms with Crippen molar-refractivity contribution in [3.05, 3.63) is 0 Å². The minimum Gasteiger partial charge on any atom is -0.355 e. The van der Waals surface area contributed by atoms with E-state index in [0.717, 1.165) is 6.42 Å². The van der Waals surface area contributed by atoms with Gasteiger partial charge in [0.15, 0.2) is 0 Å². The molecule has 0 aromatic heterocycles. The van der Waals surface area contributed by atoms with Gasteiger partial charge in [-0.3, -0.25) is 14.4 Å². The second kappa shape index (κ2) is 8.79. The molecule has 0 saturated carbocycles. The monoisotopic (exact) mass is 275 g/mol. The van der Waals surface area contributed by atoms with Crippen molar-refractivity contribution in [3.63, 3.8) is 0 Å². The van der Waals surface area contributed by atoms with Crippen LogP contribution in [0.1, 0.15) is 20.3 Å². The Labute approximate surface area is 113 Å². The Balaban J connectivity index is 4.29. The van der Waals surface area contributed by atoms with Crippen LogP contribution in [0.15, 0.2) is 0 Å². The summed E-state index contributed by atoms with van der Waals surface area (Å²) < 4.78 is 0. The number of hydrogen-bond acceptors (Lipinski definition) is 4. The van der Waals surface area contributed by atoms with Crippen molar-refractivity contribution in [2.75, 3.05) is 25.9 Å². The van der Waals surface area contributed by atoms with Crippen LogP contribution in [0.2, 0.25) is 0 Å². The van der Waals surface area contributed by atoms with Gasteiger partial charge in [0.05, 0.1) is 6.54 Å². The molecule has 0 aliphatic carbocycles. The third-order valence-electron chi connectivity index (χ3n) is 2.19. The van der Waals surface area contributed by atoms with Crippen molar-refractivity contribution < 1.29 is 14.4 Å². The molecule has 104 valence electrons. The van der Waals surface area contributed by atoms with Crippen molar-refractivity contribution >= 4 is 30.4 Å². The minimum absolute atomic E-state index is 0.0251. The number of nitrogens with one attached hydrogen (secondary N) is 2. The number of carbonyl (C=O) groups is 3. The maximum absolute atomic E-state index is 11.9. The minimum atomic E-state index is -0.699. The highest BCUT2D eigenvalue weighted by molar-refractivity contribution is 7.80. The summed E-state index contributed by atoms with van der Waals surface area (Å²) in [6, 6.07) is -0.699. The van der Waals surface area contributed by atoms with E-state index < -0.39 is 6.04 Å². The van der Waals surface area contributed by atoms with Crippen molar-refractivity contribution in [3.8, 4) is 0 Å². The van der Waals surface area contributed by atoms with Crippen LogP contribution in [0.5, 0.6) is 0 Å². The van der Waals surface area contributed by atoms with E-state index in [4.69, 9.17) is 0 Å². The average Bonchev–Trinajstić information content (AvgIpc) is 2.32. The predicted molar refractivity (Wildman–Crippen MR) is 72.4 cm³/mol. The predicted octanol–water partition coefficient (Wildman–Crippen LogP) is -0.594. The van der Waals surface area contributed by atoms with Crippen molar-refractivity contribution in [2.45, 2.75) is 26.3 Å². The molecule has 0 fully saturated rings. The number of amides is 3. The van der Waals surface area contributed by atoms with Crippen LogP contribution in [-0.4, -0.2) is 54.6 Å². The van der Waals surface area contributed by atoms with E-state index in [0.29, 0.717) is 6.54 Å². The largest absolute Gasteiger partial charge is 0.355 e. The Morgan fingerprint density at radius 2 is 1.94 bits per heavy atom. The van der Waals surface area contributed by atoms with E-state index in [1.807, 2.05) is 6.92 Å². The summed E-state index contributed by atoms with van der Waals surface area (Å²) in [6.07, 6.45) is 0.842. The number of likely N-dealkylation sites (N-methyl/N-ethyl adjacent to an activating group) is 1. The molecule has 7 heteroatoms. The number of hydrogen-bond donors (Lipinski definition) is 3. The summed E-state index contributed by atoms with van der Waals surface area (Å²) >= 11 is 4.01. The molecule has 0 rings (SSSR count). The molecule has 0 bridgehead atoms. The number of rotatable bonds is 7. The molecule has 6 nitrogen and oxygen atoms in total. The van der Waals surface area contributed by atoms with Gasteiger partial charge in [-0.05, 0) is 6.42 Å². The van der Waals surface area contributed by atoms with Gasteiger partial charge in [-0.25, -0.2) is 0 Å². The van der Waals surface area contributed by atoms with Gasteiger partial charge in [0.2, 0.25) is 17.7 Å². The Bertz CT molecular complexity index is 310. The SMILES string of the molecule is CCCNC(=O)CN(C)C(=O)C(CS)NC(C)=O. The van der Waals surface area contributed by atoms with Gasteiger partial charge < -0.3 is 15.5 Å². The Morgan fingerprint density at radius 1 is 1.33 bits per heavy atom. The van der Waals surface area contributed by atoms with E-state index >= 15 is 0 Å². The van der Waals surface area contributed by atoms with Gasteiger partial charge in [-0.1, -0.05) is 6.92 Å². The van der Waals surface area contributed by atoms with Gasteiger partial charge in [-0.15, -0.1) is 0 Å². The topological polar surface area (TPSA) is 78.5 Å². The molecule has 0 aromatic rings. The van der Waals surface area contributed by atoms with Gasteiger partial charge in [0.1, 0.15) is 6.04 Å². The Hall–Kier alpha value is -1.24. The first-order valence-corrected chi connectivity index (χ1v) is 6.45. The van der Waals surface area contributed by atoms with E-state index in [1.165, 1.54) is 18.9 Å². The van der Waals surface area contributed by atoms with E-state index in [-0.39, 0.29) is 30.0 Å². The van der Waals surface area contributed by atoms with Crippen molar-refractivity contribution in [2.24, 2.45) is 0 Å². The molecule has 1 unspecified atom stereocenters. The summed E-state index contributed by atoms with van der Waals surface area (Å²) in [6.45, 7) is 3.84. The summed E-state index contributed by atoms with van der Waals surface area (Å²) in [7, 11) is 1.52. The van der Waals surface area contributed by atoms with Gasteiger partial charge in [0, 0.05) is 26.3 Å². The molecule has 18 heavy (non-hydrogen) atoms. The molecular formula is C11H21N3O3S. The summed E-state index contributed by atoms with van der Waals surface area (Å²) in [4.78, 5) is 35.5. The van der Waals surface area contributed by atoms with Crippen LogP contribution in [-0.2, 0) is 14.4 Å². The first-order valence-electron chi connectivity index (χ1n) is 5.82. The second-order valence-corrected chi connectivity index (χ2v) is 4.35.